The Morgan fingerprint density at radius 1 is 1.29 bits per heavy atom. The summed E-state index contributed by atoms with van der Waals surface area (Å²) in [4.78, 5) is 29.6. The molecule has 1 saturated heterocycles. The van der Waals surface area contributed by atoms with E-state index in [1.165, 1.54) is 0 Å². The number of unbranched alkanes of at least 4 members (excludes halogenated alkanes) is 1. The summed E-state index contributed by atoms with van der Waals surface area (Å²) in [5.41, 5.74) is 2.01. The van der Waals surface area contributed by atoms with Gasteiger partial charge in [0.2, 0.25) is 0 Å². The van der Waals surface area contributed by atoms with Crippen molar-refractivity contribution < 1.29 is 9.59 Å². The van der Waals surface area contributed by atoms with Crippen LogP contribution < -0.4 is 0 Å². The van der Waals surface area contributed by atoms with E-state index in [-0.39, 0.29) is 5.91 Å². The predicted octanol–water partition coefficient (Wildman–Crippen LogP) is 3.81. The number of pyridine rings is 1. The lowest BCUT2D eigenvalue weighted by atomic mass is 10.1. The zero-order valence-electron chi connectivity index (χ0n) is 12.9. The molecule has 24 heavy (non-hydrogen) atoms. The third-order valence-electron chi connectivity index (χ3n) is 3.88. The SMILES string of the molecule is O=CCCCN1C(=O)/C(=C/c2ccc3cccc(Cl)c3n2)CC1=S. The van der Waals surface area contributed by atoms with Gasteiger partial charge in [-0.2, -0.15) is 0 Å². The van der Waals surface area contributed by atoms with Crippen molar-refractivity contribution in [3.8, 4) is 0 Å². The molecule has 1 fully saturated rings. The standard InChI is InChI=1S/C18H15ClN2O2S/c19-15-5-3-4-12-6-7-14(20-17(12)15)10-13-11-16(24)21(18(13)23)8-1-2-9-22/h3-7,9-10H,1-2,8,11H2/b13-10+. The molecule has 1 aromatic carbocycles. The molecule has 6 heteroatoms. The van der Waals surface area contributed by atoms with Gasteiger partial charge in [0.1, 0.15) is 6.29 Å². The minimum atomic E-state index is -0.105. The van der Waals surface area contributed by atoms with Crippen molar-refractivity contribution in [1.82, 2.24) is 9.88 Å². The zero-order chi connectivity index (χ0) is 17.1. The van der Waals surface area contributed by atoms with Gasteiger partial charge in [-0.15, -0.1) is 0 Å². The lowest BCUT2D eigenvalue weighted by Crippen LogP contribution is -2.29. The van der Waals surface area contributed by atoms with Gasteiger partial charge in [0.15, 0.2) is 0 Å². The van der Waals surface area contributed by atoms with Gasteiger partial charge in [-0.25, -0.2) is 4.98 Å². The number of rotatable bonds is 5. The molecule has 4 nitrogen and oxygen atoms in total. The Balaban J connectivity index is 1.86. The van der Waals surface area contributed by atoms with Crippen molar-refractivity contribution in [3.05, 3.63) is 46.6 Å². The molecule has 0 spiro atoms. The first kappa shape index (κ1) is 16.7. The third kappa shape index (κ3) is 3.37. The van der Waals surface area contributed by atoms with Crippen LogP contribution in [0.5, 0.6) is 0 Å². The highest BCUT2D eigenvalue weighted by Crippen LogP contribution is 2.25. The Morgan fingerprint density at radius 2 is 2.12 bits per heavy atom. The average Bonchev–Trinajstić information content (AvgIpc) is 2.83. The van der Waals surface area contributed by atoms with Crippen LogP contribution in [0.15, 0.2) is 35.9 Å². The number of hydrogen-bond donors (Lipinski definition) is 0. The Morgan fingerprint density at radius 3 is 2.92 bits per heavy atom. The van der Waals surface area contributed by atoms with Crippen LogP contribution in [0.1, 0.15) is 25.0 Å². The molecule has 0 unspecified atom stereocenters. The number of likely N-dealkylation sites (tertiary alicyclic amines) is 1. The van der Waals surface area contributed by atoms with Gasteiger partial charge < -0.3 is 9.69 Å². The van der Waals surface area contributed by atoms with Gasteiger partial charge in [-0.3, -0.25) is 4.79 Å². The summed E-state index contributed by atoms with van der Waals surface area (Å²) in [6.45, 7) is 0.477. The van der Waals surface area contributed by atoms with Crippen LogP contribution >= 0.6 is 23.8 Å². The number of hydrogen-bond acceptors (Lipinski definition) is 4. The number of aromatic nitrogens is 1. The minimum Gasteiger partial charge on any atom is -0.303 e. The largest absolute Gasteiger partial charge is 0.303 e. The van der Waals surface area contributed by atoms with Crippen LogP contribution in [0.25, 0.3) is 17.0 Å². The second kappa shape index (κ2) is 7.20. The number of thiocarbonyl (C=S) groups is 1. The smallest absolute Gasteiger partial charge is 0.255 e. The van der Waals surface area contributed by atoms with Crippen molar-refractivity contribution in [2.45, 2.75) is 19.3 Å². The van der Waals surface area contributed by atoms with Crippen LogP contribution in [-0.2, 0) is 9.59 Å². The van der Waals surface area contributed by atoms with Crippen molar-refractivity contribution in [3.63, 3.8) is 0 Å². The van der Waals surface area contributed by atoms with Crippen LogP contribution in [0.3, 0.4) is 0 Å². The molecule has 1 amide bonds. The fraction of sp³-hybridized carbons (Fsp3) is 0.222. The quantitative estimate of drug-likeness (QED) is 0.353. The number of halogens is 1. The molecule has 1 aliphatic heterocycles. The molecule has 0 saturated carbocycles. The topological polar surface area (TPSA) is 50.3 Å². The molecule has 1 aromatic heterocycles. The van der Waals surface area contributed by atoms with E-state index in [2.05, 4.69) is 4.98 Å². The third-order valence-corrected chi connectivity index (χ3v) is 4.55. The van der Waals surface area contributed by atoms with Crippen molar-refractivity contribution in [1.29, 1.82) is 0 Å². The molecule has 0 radical (unpaired) electrons. The van der Waals surface area contributed by atoms with Gasteiger partial charge >= 0.3 is 0 Å². The number of amides is 1. The number of nitrogens with zero attached hydrogens (tertiary/aromatic N) is 2. The van der Waals surface area contributed by atoms with E-state index in [9.17, 15) is 9.59 Å². The zero-order valence-corrected chi connectivity index (χ0v) is 14.4. The van der Waals surface area contributed by atoms with E-state index < -0.39 is 0 Å². The number of fused-ring (bicyclic) bond motifs is 1. The first-order chi connectivity index (χ1) is 11.6. The van der Waals surface area contributed by atoms with Crippen LogP contribution in [-0.4, -0.2) is 33.6 Å². The molecule has 2 aromatic rings. The van der Waals surface area contributed by atoms with Gasteiger partial charge in [-0.05, 0) is 24.6 Å². The molecule has 1 aliphatic rings. The lowest BCUT2D eigenvalue weighted by Gasteiger charge is -2.14. The maximum absolute atomic E-state index is 12.5. The Kier molecular flexibility index (Phi) is 5.02. The maximum atomic E-state index is 12.5. The van der Waals surface area contributed by atoms with Gasteiger partial charge in [-0.1, -0.05) is 42.0 Å². The van der Waals surface area contributed by atoms with Crippen molar-refractivity contribution in [2.75, 3.05) is 6.54 Å². The molecular formula is C18H15ClN2O2S. The summed E-state index contributed by atoms with van der Waals surface area (Å²) < 4.78 is 0. The summed E-state index contributed by atoms with van der Waals surface area (Å²) in [5.74, 6) is -0.105. The van der Waals surface area contributed by atoms with Crippen molar-refractivity contribution in [2.24, 2.45) is 0 Å². The highest BCUT2D eigenvalue weighted by Gasteiger charge is 2.30. The van der Waals surface area contributed by atoms with Crippen LogP contribution in [0.2, 0.25) is 5.02 Å². The number of carbonyl (C=O) groups is 2. The fourth-order valence-electron chi connectivity index (χ4n) is 2.68. The van der Waals surface area contributed by atoms with E-state index in [1.54, 1.807) is 17.0 Å². The van der Waals surface area contributed by atoms with E-state index in [1.807, 2.05) is 24.3 Å². The Bertz CT molecular complexity index is 863. The molecule has 0 bridgehead atoms. The van der Waals surface area contributed by atoms with E-state index in [4.69, 9.17) is 23.8 Å². The number of benzene rings is 1. The summed E-state index contributed by atoms with van der Waals surface area (Å²) in [5, 5.41) is 1.53. The first-order valence-corrected chi connectivity index (χ1v) is 8.43. The lowest BCUT2D eigenvalue weighted by molar-refractivity contribution is -0.122. The van der Waals surface area contributed by atoms with Crippen molar-refractivity contribution >= 4 is 58.0 Å². The molecular weight excluding hydrogens is 344 g/mol. The molecule has 122 valence electrons. The summed E-state index contributed by atoms with van der Waals surface area (Å²) >= 11 is 11.5. The first-order valence-electron chi connectivity index (χ1n) is 7.64. The van der Waals surface area contributed by atoms with Gasteiger partial charge in [0.05, 0.1) is 21.2 Å². The molecule has 0 aliphatic carbocycles. The monoisotopic (exact) mass is 358 g/mol. The summed E-state index contributed by atoms with van der Waals surface area (Å²) in [7, 11) is 0. The Hall–Kier alpha value is -2.11. The second-order valence-corrected chi connectivity index (χ2v) is 6.43. The van der Waals surface area contributed by atoms with E-state index in [0.29, 0.717) is 52.6 Å². The second-order valence-electron chi connectivity index (χ2n) is 5.55. The van der Waals surface area contributed by atoms with Gasteiger partial charge in [0, 0.05) is 30.3 Å². The normalized spacial score (nSPS) is 16.4. The van der Waals surface area contributed by atoms with Crippen LogP contribution in [0, 0.1) is 0 Å². The number of aldehydes is 1. The molecule has 2 heterocycles. The van der Waals surface area contributed by atoms with Crippen LogP contribution in [0.4, 0.5) is 0 Å². The molecule has 0 N–H and O–H groups in total. The fourth-order valence-corrected chi connectivity index (χ4v) is 3.23. The minimum absolute atomic E-state index is 0.105. The summed E-state index contributed by atoms with van der Waals surface area (Å²) in [6.07, 6.45) is 4.08. The van der Waals surface area contributed by atoms with E-state index in [0.717, 1.165) is 11.7 Å². The average molecular weight is 359 g/mol. The van der Waals surface area contributed by atoms with Gasteiger partial charge in [0.25, 0.3) is 5.91 Å². The highest BCUT2D eigenvalue weighted by atomic mass is 35.5. The summed E-state index contributed by atoms with van der Waals surface area (Å²) in [6, 6.07) is 9.39. The van der Waals surface area contributed by atoms with E-state index >= 15 is 0 Å². The predicted molar refractivity (Wildman–Crippen MR) is 99.0 cm³/mol. The number of carbonyl (C=O) groups excluding carboxylic acids is 2. The Labute approximate surface area is 150 Å². The molecule has 3 rings (SSSR count). The molecule has 0 atom stereocenters. The number of para-hydroxylation sites is 1. The highest BCUT2D eigenvalue weighted by molar-refractivity contribution is 7.80. The maximum Gasteiger partial charge on any atom is 0.255 e.